The van der Waals surface area contributed by atoms with E-state index in [4.69, 9.17) is 0 Å². The van der Waals surface area contributed by atoms with Gasteiger partial charge in [0.15, 0.2) is 0 Å². The summed E-state index contributed by atoms with van der Waals surface area (Å²) in [6, 6.07) is 6.64. The maximum absolute atomic E-state index is 13.0. The van der Waals surface area contributed by atoms with Gasteiger partial charge >= 0.3 is 6.03 Å². The highest BCUT2D eigenvalue weighted by Crippen LogP contribution is 2.38. The summed E-state index contributed by atoms with van der Waals surface area (Å²) in [6.45, 7) is 5.06. The van der Waals surface area contributed by atoms with Gasteiger partial charge in [-0.2, -0.15) is 0 Å². The molecule has 3 heterocycles. The molecule has 128 valence electrons. The Morgan fingerprint density at radius 1 is 1.33 bits per heavy atom. The molecule has 0 spiro atoms. The molecule has 1 N–H and O–H groups in total. The van der Waals surface area contributed by atoms with E-state index in [1.165, 1.54) is 16.0 Å². The SMILES string of the molecule is Cc1ccc2c(c1)S[C@H](C(=O)N1CCC[C@H](N3CCNC3=O)C1)C2. The van der Waals surface area contributed by atoms with Crippen molar-refractivity contribution in [2.45, 2.75) is 42.4 Å². The number of hydrogen-bond donors (Lipinski definition) is 1. The number of hydrogen-bond acceptors (Lipinski definition) is 3. The number of urea groups is 1. The summed E-state index contributed by atoms with van der Waals surface area (Å²) in [5, 5.41) is 2.86. The lowest BCUT2D eigenvalue weighted by Crippen LogP contribution is -2.52. The van der Waals surface area contributed by atoms with Crippen LogP contribution in [0.3, 0.4) is 0 Å². The van der Waals surface area contributed by atoms with Crippen LogP contribution in [0.5, 0.6) is 0 Å². The van der Waals surface area contributed by atoms with Gasteiger partial charge in [0.25, 0.3) is 0 Å². The summed E-state index contributed by atoms with van der Waals surface area (Å²) in [7, 11) is 0. The van der Waals surface area contributed by atoms with E-state index in [1.54, 1.807) is 11.8 Å². The maximum atomic E-state index is 13.0. The predicted molar refractivity (Wildman–Crippen MR) is 94.2 cm³/mol. The number of benzene rings is 1. The second kappa shape index (κ2) is 6.31. The average Bonchev–Trinajstić information content (AvgIpc) is 3.20. The fourth-order valence-corrected chi connectivity index (χ4v) is 5.30. The number of fused-ring (bicyclic) bond motifs is 1. The third-order valence-electron chi connectivity index (χ3n) is 5.21. The highest BCUT2D eigenvalue weighted by atomic mass is 32.2. The number of piperidine rings is 1. The third-order valence-corrected chi connectivity index (χ3v) is 6.50. The Balaban J connectivity index is 1.42. The molecule has 0 aliphatic carbocycles. The number of nitrogens with zero attached hydrogens (tertiary/aromatic N) is 2. The molecule has 0 saturated carbocycles. The molecular formula is C18H23N3O2S. The summed E-state index contributed by atoms with van der Waals surface area (Å²) < 4.78 is 0. The molecular weight excluding hydrogens is 322 g/mol. The lowest BCUT2D eigenvalue weighted by Gasteiger charge is -2.37. The van der Waals surface area contributed by atoms with Crippen LogP contribution in [0.1, 0.15) is 24.0 Å². The Kier molecular flexibility index (Phi) is 4.16. The van der Waals surface area contributed by atoms with Crippen LogP contribution < -0.4 is 5.32 Å². The molecule has 2 fully saturated rings. The van der Waals surface area contributed by atoms with Crippen LogP contribution in [0, 0.1) is 6.92 Å². The summed E-state index contributed by atoms with van der Waals surface area (Å²) >= 11 is 1.70. The normalized spacial score (nSPS) is 26.5. The lowest BCUT2D eigenvalue weighted by molar-refractivity contribution is -0.132. The van der Waals surface area contributed by atoms with Gasteiger partial charge in [-0.15, -0.1) is 11.8 Å². The van der Waals surface area contributed by atoms with Crippen LogP contribution in [-0.4, -0.2) is 59.2 Å². The molecule has 5 nitrogen and oxygen atoms in total. The first-order chi connectivity index (χ1) is 11.6. The summed E-state index contributed by atoms with van der Waals surface area (Å²) in [6.07, 6.45) is 2.79. The Morgan fingerprint density at radius 2 is 2.21 bits per heavy atom. The van der Waals surface area contributed by atoms with Crippen molar-refractivity contribution in [3.05, 3.63) is 29.3 Å². The smallest absolute Gasteiger partial charge is 0.317 e. The van der Waals surface area contributed by atoms with Gasteiger partial charge in [0.05, 0.1) is 11.3 Å². The van der Waals surface area contributed by atoms with Gasteiger partial charge in [-0.25, -0.2) is 4.79 Å². The number of nitrogens with one attached hydrogen (secondary N) is 1. The molecule has 0 radical (unpaired) electrons. The number of thioether (sulfide) groups is 1. The molecule has 1 aromatic rings. The zero-order valence-electron chi connectivity index (χ0n) is 14.0. The molecule has 2 atom stereocenters. The first kappa shape index (κ1) is 15.8. The van der Waals surface area contributed by atoms with Crippen LogP contribution in [0.2, 0.25) is 0 Å². The van der Waals surface area contributed by atoms with E-state index >= 15 is 0 Å². The minimum atomic E-state index is -0.00652. The van der Waals surface area contributed by atoms with Crippen LogP contribution in [-0.2, 0) is 11.2 Å². The van der Waals surface area contributed by atoms with E-state index in [2.05, 4.69) is 30.4 Å². The zero-order chi connectivity index (χ0) is 16.7. The lowest BCUT2D eigenvalue weighted by atomic mass is 10.0. The van der Waals surface area contributed by atoms with Crippen LogP contribution in [0.15, 0.2) is 23.1 Å². The van der Waals surface area contributed by atoms with Gasteiger partial charge in [-0.05, 0) is 37.8 Å². The molecule has 0 aromatic heterocycles. The van der Waals surface area contributed by atoms with Crippen molar-refractivity contribution in [2.24, 2.45) is 0 Å². The number of amides is 3. The number of carbonyl (C=O) groups excluding carboxylic acids is 2. The zero-order valence-corrected chi connectivity index (χ0v) is 14.8. The molecule has 1 aromatic carbocycles. The maximum Gasteiger partial charge on any atom is 0.317 e. The molecule has 2 saturated heterocycles. The van der Waals surface area contributed by atoms with Gasteiger partial charge in [0.2, 0.25) is 5.91 Å². The highest BCUT2D eigenvalue weighted by molar-refractivity contribution is 8.01. The Hall–Kier alpha value is -1.69. The van der Waals surface area contributed by atoms with Gasteiger partial charge in [-0.1, -0.05) is 17.7 Å². The quantitative estimate of drug-likeness (QED) is 0.892. The van der Waals surface area contributed by atoms with E-state index < -0.39 is 0 Å². The van der Waals surface area contributed by atoms with Crippen LogP contribution in [0.4, 0.5) is 4.79 Å². The fourth-order valence-electron chi connectivity index (χ4n) is 3.92. The number of aryl methyl sites for hydroxylation is 1. The predicted octanol–water partition coefficient (Wildman–Crippen LogP) is 2.03. The van der Waals surface area contributed by atoms with Crippen molar-refractivity contribution >= 4 is 23.7 Å². The van der Waals surface area contributed by atoms with Crippen molar-refractivity contribution < 1.29 is 9.59 Å². The van der Waals surface area contributed by atoms with Crippen molar-refractivity contribution in [2.75, 3.05) is 26.2 Å². The minimum Gasteiger partial charge on any atom is -0.340 e. The summed E-state index contributed by atoms with van der Waals surface area (Å²) in [5.74, 6) is 0.234. The van der Waals surface area contributed by atoms with Crippen molar-refractivity contribution in [1.29, 1.82) is 0 Å². The summed E-state index contributed by atoms with van der Waals surface area (Å²) in [5.41, 5.74) is 2.53. The standard InChI is InChI=1S/C18H23N3O2S/c1-12-4-5-13-10-16(24-15(13)9-12)17(22)20-7-2-3-14(11-20)21-8-6-19-18(21)23/h4-5,9,14,16H,2-3,6-8,10-11H2,1H3,(H,19,23)/t14-,16-/m0/s1. The molecule has 0 bridgehead atoms. The van der Waals surface area contributed by atoms with Gasteiger partial charge in [-0.3, -0.25) is 4.79 Å². The van der Waals surface area contributed by atoms with E-state index in [9.17, 15) is 9.59 Å². The molecule has 4 rings (SSSR count). The Bertz CT molecular complexity index is 678. The van der Waals surface area contributed by atoms with Crippen molar-refractivity contribution in [3.63, 3.8) is 0 Å². The largest absolute Gasteiger partial charge is 0.340 e. The van der Waals surface area contributed by atoms with Gasteiger partial charge in [0, 0.05) is 31.1 Å². The highest BCUT2D eigenvalue weighted by Gasteiger charge is 2.36. The first-order valence-corrected chi connectivity index (χ1v) is 9.59. The molecule has 3 aliphatic rings. The van der Waals surface area contributed by atoms with Crippen molar-refractivity contribution in [3.8, 4) is 0 Å². The number of likely N-dealkylation sites (tertiary alicyclic amines) is 1. The Morgan fingerprint density at radius 3 is 3.00 bits per heavy atom. The van der Waals surface area contributed by atoms with Crippen LogP contribution in [0.25, 0.3) is 0 Å². The van der Waals surface area contributed by atoms with E-state index in [1.807, 2.05) is 9.80 Å². The Labute approximate surface area is 146 Å². The topological polar surface area (TPSA) is 52.7 Å². The third kappa shape index (κ3) is 2.88. The van der Waals surface area contributed by atoms with E-state index in [0.29, 0.717) is 6.54 Å². The number of rotatable bonds is 2. The number of carbonyl (C=O) groups is 2. The second-order valence-electron chi connectivity index (χ2n) is 6.93. The molecule has 24 heavy (non-hydrogen) atoms. The molecule has 6 heteroatoms. The summed E-state index contributed by atoms with van der Waals surface area (Å²) in [4.78, 5) is 30.0. The molecule has 3 aliphatic heterocycles. The average molecular weight is 345 g/mol. The molecule has 0 unspecified atom stereocenters. The minimum absolute atomic E-state index is 0.00652. The van der Waals surface area contributed by atoms with E-state index in [0.717, 1.165) is 38.9 Å². The first-order valence-electron chi connectivity index (χ1n) is 8.71. The van der Waals surface area contributed by atoms with E-state index in [-0.39, 0.29) is 23.2 Å². The van der Waals surface area contributed by atoms with Crippen molar-refractivity contribution in [1.82, 2.24) is 15.1 Å². The van der Waals surface area contributed by atoms with Crippen LogP contribution >= 0.6 is 11.8 Å². The molecule has 3 amide bonds. The van der Waals surface area contributed by atoms with Gasteiger partial charge in [0.1, 0.15) is 0 Å². The fraction of sp³-hybridized carbons (Fsp3) is 0.556. The monoisotopic (exact) mass is 345 g/mol. The second-order valence-corrected chi connectivity index (χ2v) is 8.17. The van der Waals surface area contributed by atoms with Gasteiger partial charge < -0.3 is 15.1 Å².